The second-order valence-electron chi connectivity index (χ2n) is 3.70. The number of halogens is 1. The van der Waals surface area contributed by atoms with E-state index in [1.807, 2.05) is 0 Å². The van der Waals surface area contributed by atoms with E-state index in [4.69, 9.17) is 16.1 Å². The number of nitro groups is 1. The molecule has 0 saturated carbocycles. The third-order valence-electron chi connectivity index (χ3n) is 2.26. The average Bonchev–Trinajstić information content (AvgIpc) is 2.78. The van der Waals surface area contributed by atoms with Crippen LogP contribution >= 0.6 is 11.6 Å². The van der Waals surface area contributed by atoms with Gasteiger partial charge in [0.25, 0.3) is 11.6 Å². The number of rotatable bonds is 3. The number of hydrogen-bond donors (Lipinski definition) is 1. The van der Waals surface area contributed by atoms with Crippen LogP contribution in [0.15, 0.2) is 28.8 Å². The Bertz CT molecular complexity index is 653. The van der Waals surface area contributed by atoms with Gasteiger partial charge in [-0.1, -0.05) is 16.8 Å². The molecule has 0 aliphatic heterocycles. The lowest BCUT2D eigenvalue weighted by Crippen LogP contribution is -2.12. The van der Waals surface area contributed by atoms with Gasteiger partial charge < -0.3 is 9.84 Å². The molecule has 8 heteroatoms. The van der Waals surface area contributed by atoms with Crippen LogP contribution in [-0.4, -0.2) is 16.0 Å². The summed E-state index contributed by atoms with van der Waals surface area (Å²) in [5.41, 5.74) is 0.0626. The third-order valence-corrected chi connectivity index (χ3v) is 2.58. The summed E-state index contributed by atoms with van der Waals surface area (Å²) in [5, 5.41) is 16.7. The van der Waals surface area contributed by atoms with Gasteiger partial charge in [-0.05, 0) is 19.1 Å². The van der Waals surface area contributed by atoms with Gasteiger partial charge in [-0.3, -0.25) is 14.9 Å². The van der Waals surface area contributed by atoms with Crippen molar-refractivity contribution < 1.29 is 14.2 Å². The molecular formula is C11H8ClN3O4. The fourth-order valence-electron chi connectivity index (χ4n) is 1.40. The summed E-state index contributed by atoms with van der Waals surface area (Å²) in [7, 11) is 0. The Hall–Kier alpha value is -2.41. The van der Waals surface area contributed by atoms with Crippen molar-refractivity contribution in [1.82, 2.24) is 5.16 Å². The van der Waals surface area contributed by atoms with E-state index >= 15 is 0 Å². The van der Waals surface area contributed by atoms with E-state index in [1.165, 1.54) is 24.3 Å². The zero-order valence-electron chi connectivity index (χ0n) is 9.71. The average molecular weight is 282 g/mol. The standard InChI is InChI=1S/C11H8ClN3O4/c1-6-4-9(14-19-6)11(16)13-7-2-3-8(12)10(5-7)15(17)18/h2-5H,1H3,(H,13,16). The molecule has 1 N–H and O–H groups in total. The number of carbonyl (C=O) groups excluding carboxylic acids is 1. The number of nitro benzene ring substituents is 1. The molecule has 98 valence electrons. The molecule has 0 bridgehead atoms. The summed E-state index contributed by atoms with van der Waals surface area (Å²) >= 11 is 5.67. The van der Waals surface area contributed by atoms with Gasteiger partial charge in [0.15, 0.2) is 5.69 Å². The van der Waals surface area contributed by atoms with Gasteiger partial charge in [0.1, 0.15) is 10.8 Å². The highest BCUT2D eigenvalue weighted by Crippen LogP contribution is 2.27. The summed E-state index contributed by atoms with van der Waals surface area (Å²) in [4.78, 5) is 21.8. The highest BCUT2D eigenvalue weighted by atomic mass is 35.5. The van der Waals surface area contributed by atoms with Gasteiger partial charge in [-0.15, -0.1) is 0 Å². The molecule has 0 aliphatic carbocycles. The fourth-order valence-corrected chi connectivity index (χ4v) is 1.59. The number of hydrogen-bond acceptors (Lipinski definition) is 5. The first-order valence-electron chi connectivity index (χ1n) is 5.16. The normalized spacial score (nSPS) is 10.2. The number of nitrogens with zero attached hydrogens (tertiary/aromatic N) is 2. The number of amides is 1. The SMILES string of the molecule is Cc1cc(C(=O)Nc2ccc(Cl)c([N+](=O)[O-])c2)no1. The molecular weight excluding hydrogens is 274 g/mol. The second-order valence-corrected chi connectivity index (χ2v) is 4.11. The Morgan fingerprint density at radius 3 is 2.79 bits per heavy atom. The fraction of sp³-hybridized carbons (Fsp3) is 0.0909. The Kier molecular flexibility index (Phi) is 3.48. The van der Waals surface area contributed by atoms with E-state index in [0.29, 0.717) is 5.76 Å². The monoisotopic (exact) mass is 281 g/mol. The third kappa shape index (κ3) is 2.89. The van der Waals surface area contributed by atoms with E-state index in [0.717, 1.165) is 0 Å². The molecule has 0 aliphatic rings. The van der Waals surface area contributed by atoms with Crippen molar-refractivity contribution in [3.05, 3.63) is 50.9 Å². The second kappa shape index (κ2) is 5.07. The van der Waals surface area contributed by atoms with Crippen LogP contribution in [0.5, 0.6) is 0 Å². The quantitative estimate of drug-likeness (QED) is 0.689. The minimum Gasteiger partial charge on any atom is -0.361 e. The van der Waals surface area contributed by atoms with Gasteiger partial charge in [-0.2, -0.15) is 0 Å². The predicted molar refractivity (Wildman–Crippen MR) is 67.3 cm³/mol. The maximum Gasteiger partial charge on any atom is 0.289 e. The lowest BCUT2D eigenvalue weighted by molar-refractivity contribution is -0.384. The molecule has 19 heavy (non-hydrogen) atoms. The van der Waals surface area contributed by atoms with Crippen LogP contribution in [0.2, 0.25) is 5.02 Å². The van der Waals surface area contributed by atoms with Crippen molar-refractivity contribution in [2.75, 3.05) is 5.32 Å². The van der Waals surface area contributed by atoms with E-state index in [-0.39, 0.29) is 22.1 Å². The molecule has 7 nitrogen and oxygen atoms in total. The largest absolute Gasteiger partial charge is 0.361 e. The van der Waals surface area contributed by atoms with Crippen molar-refractivity contribution in [3.8, 4) is 0 Å². The van der Waals surface area contributed by atoms with Crippen LogP contribution in [0.25, 0.3) is 0 Å². The van der Waals surface area contributed by atoms with Crippen molar-refractivity contribution in [2.24, 2.45) is 0 Å². The smallest absolute Gasteiger partial charge is 0.289 e. The van der Waals surface area contributed by atoms with E-state index in [1.54, 1.807) is 6.92 Å². The first-order chi connectivity index (χ1) is 8.97. The maximum atomic E-state index is 11.8. The minimum absolute atomic E-state index is 0.000259. The zero-order chi connectivity index (χ0) is 14.0. The molecule has 2 aromatic rings. The Morgan fingerprint density at radius 2 is 2.21 bits per heavy atom. The molecule has 0 saturated heterocycles. The number of anilines is 1. The van der Waals surface area contributed by atoms with Gasteiger partial charge in [0, 0.05) is 17.8 Å². The Morgan fingerprint density at radius 1 is 1.47 bits per heavy atom. The molecule has 0 unspecified atom stereocenters. The highest BCUT2D eigenvalue weighted by molar-refractivity contribution is 6.32. The summed E-state index contributed by atoms with van der Waals surface area (Å²) in [6.45, 7) is 1.65. The number of carbonyl (C=O) groups is 1. The summed E-state index contributed by atoms with van der Waals surface area (Å²) < 4.78 is 4.76. The number of aryl methyl sites for hydroxylation is 1. The van der Waals surface area contributed by atoms with Gasteiger partial charge in [-0.25, -0.2) is 0 Å². The van der Waals surface area contributed by atoms with Crippen LogP contribution in [0.3, 0.4) is 0 Å². The molecule has 1 aromatic carbocycles. The number of nitrogens with one attached hydrogen (secondary N) is 1. The maximum absolute atomic E-state index is 11.8. The van der Waals surface area contributed by atoms with Crippen LogP contribution in [0.4, 0.5) is 11.4 Å². The van der Waals surface area contributed by atoms with Crippen molar-refractivity contribution in [2.45, 2.75) is 6.92 Å². The minimum atomic E-state index is -0.627. The Balaban J connectivity index is 2.22. The first kappa shape index (κ1) is 13.0. The van der Waals surface area contributed by atoms with Gasteiger partial charge >= 0.3 is 0 Å². The molecule has 0 atom stereocenters. The van der Waals surface area contributed by atoms with Crippen molar-refractivity contribution >= 4 is 28.9 Å². The van der Waals surface area contributed by atoms with Crippen molar-refractivity contribution in [3.63, 3.8) is 0 Å². The van der Waals surface area contributed by atoms with Crippen molar-refractivity contribution in [1.29, 1.82) is 0 Å². The lowest BCUT2D eigenvalue weighted by atomic mass is 10.2. The summed E-state index contributed by atoms with van der Waals surface area (Å²) in [6, 6.07) is 5.43. The lowest BCUT2D eigenvalue weighted by Gasteiger charge is -2.03. The molecule has 1 amide bonds. The topological polar surface area (TPSA) is 98.3 Å². The highest BCUT2D eigenvalue weighted by Gasteiger charge is 2.16. The van der Waals surface area contributed by atoms with E-state index in [2.05, 4.69) is 10.5 Å². The molecule has 0 radical (unpaired) electrons. The Labute approximate surface area is 112 Å². The molecule has 1 heterocycles. The summed E-state index contributed by atoms with van der Waals surface area (Å²) in [6.07, 6.45) is 0. The number of benzene rings is 1. The van der Waals surface area contributed by atoms with Crippen LogP contribution < -0.4 is 5.32 Å². The number of aromatic nitrogens is 1. The van der Waals surface area contributed by atoms with Gasteiger partial charge in [0.05, 0.1) is 4.92 Å². The summed E-state index contributed by atoms with van der Waals surface area (Å²) in [5.74, 6) is -0.0271. The first-order valence-corrected chi connectivity index (χ1v) is 5.54. The van der Waals surface area contributed by atoms with Crippen LogP contribution in [0.1, 0.15) is 16.2 Å². The van der Waals surface area contributed by atoms with Gasteiger partial charge in [0.2, 0.25) is 0 Å². The molecule has 0 fully saturated rings. The van der Waals surface area contributed by atoms with E-state index in [9.17, 15) is 14.9 Å². The van der Waals surface area contributed by atoms with Crippen LogP contribution in [0, 0.1) is 17.0 Å². The predicted octanol–water partition coefficient (Wildman–Crippen LogP) is 2.80. The van der Waals surface area contributed by atoms with E-state index < -0.39 is 10.8 Å². The zero-order valence-corrected chi connectivity index (χ0v) is 10.5. The molecule has 2 rings (SSSR count). The van der Waals surface area contributed by atoms with Crippen LogP contribution in [-0.2, 0) is 0 Å². The molecule has 1 aromatic heterocycles. The molecule has 0 spiro atoms.